The first-order chi connectivity index (χ1) is 12.5. The third-order valence-corrected chi connectivity index (χ3v) is 6.02. The molecule has 3 unspecified atom stereocenters. The van der Waals surface area contributed by atoms with Crippen molar-refractivity contribution in [1.29, 1.82) is 0 Å². The van der Waals surface area contributed by atoms with E-state index in [4.69, 9.17) is 5.73 Å². The van der Waals surface area contributed by atoms with Gasteiger partial charge in [-0.3, -0.25) is 4.79 Å². The molecule has 2 aliphatic rings. The van der Waals surface area contributed by atoms with Crippen molar-refractivity contribution < 1.29 is 18.3 Å². The maximum absolute atomic E-state index is 12.9. The molecule has 2 bridgehead atoms. The Morgan fingerprint density at radius 1 is 1.26 bits per heavy atom. The Bertz CT molecular complexity index is 618. The molecule has 27 heavy (non-hydrogen) atoms. The Kier molecular flexibility index (Phi) is 7.86. The molecule has 2 fully saturated rings. The van der Waals surface area contributed by atoms with Crippen LogP contribution >= 0.6 is 12.4 Å². The monoisotopic (exact) mass is 402 g/mol. The molecule has 1 amide bonds. The van der Waals surface area contributed by atoms with Gasteiger partial charge in [-0.15, -0.1) is 12.4 Å². The van der Waals surface area contributed by atoms with E-state index in [1.54, 1.807) is 18.2 Å². The van der Waals surface area contributed by atoms with Gasteiger partial charge in [0, 0.05) is 17.5 Å². The Balaban J connectivity index is 0.00000261. The fraction of sp³-hybridized carbons (Fsp3) is 0.650. The highest BCUT2D eigenvalue weighted by atomic mass is 35.5. The lowest BCUT2D eigenvalue weighted by atomic mass is 9.65. The van der Waals surface area contributed by atoms with Crippen molar-refractivity contribution in [3.05, 3.63) is 29.8 Å². The van der Waals surface area contributed by atoms with Crippen molar-refractivity contribution in [2.75, 3.05) is 0 Å². The Morgan fingerprint density at radius 3 is 2.48 bits per heavy atom. The van der Waals surface area contributed by atoms with Crippen LogP contribution in [0.4, 0.5) is 8.78 Å². The smallest absolute Gasteiger partial charge is 0.387 e. The molecule has 2 saturated carbocycles. The first kappa shape index (κ1) is 21.9. The van der Waals surface area contributed by atoms with E-state index >= 15 is 0 Å². The largest absolute Gasteiger partial charge is 0.434 e. The van der Waals surface area contributed by atoms with Gasteiger partial charge in [0.25, 0.3) is 0 Å². The summed E-state index contributed by atoms with van der Waals surface area (Å²) in [6.45, 7) is -0.959. The average molecular weight is 403 g/mol. The molecule has 1 aromatic carbocycles. The molecule has 152 valence electrons. The van der Waals surface area contributed by atoms with Gasteiger partial charge in [-0.25, -0.2) is 0 Å². The first-order valence-electron chi connectivity index (χ1n) is 9.59. The van der Waals surface area contributed by atoms with E-state index in [1.807, 2.05) is 6.92 Å². The number of rotatable bonds is 6. The standard InChI is InChI=1S/C20H28F2N2O2.ClH/c1-2-16(15-8-3-4-9-17(15)26-20(21)22)24-19(25)14-10-12-6-5-7-13(11-14)18(12)23;/h3-4,8-9,12-14,16,18,20H,2,5-7,10-11,23H2,1H3,(H,24,25);1H. The predicted molar refractivity (Wildman–Crippen MR) is 103 cm³/mol. The van der Waals surface area contributed by atoms with Crippen molar-refractivity contribution in [1.82, 2.24) is 5.32 Å². The molecule has 0 aromatic heterocycles. The normalized spacial score (nSPS) is 28.2. The molecule has 1 aromatic rings. The van der Waals surface area contributed by atoms with Crippen LogP contribution in [0.3, 0.4) is 0 Å². The van der Waals surface area contributed by atoms with Gasteiger partial charge in [-0.05, 0) is 50.0 Å². The third kappa shape index (κ3) is 5.11. The molecule has 0 saturated heterocycles. The van der Waals surface area contributed by atoms with E-state index < -0.39 is 6.61 Å². The van der Waals surface area contributed by atoms with Gasteiger partial charge in [0.1, 0.15) is 5.75 Å². The molecule has 0 heterocycles. The minimum absolute atomic E-state index is 0. The number of halogens is 3. The van der Waals surface area contributed by atoms with Crippen molar-refractivity contribution in [2.24, 2.45) is 23.5 Å². The lowest BCUT2D eigenvalue weighted by Gasteiger charge is -2.43. The van der Waals surface area contributed by atoms with E-state index in [1.165, 1.54) is 12.5 Å². The number of nitrogens with two attached hydrogens (primary N) is 1. The highest BCUT2D eigenvalue weighted by molar-refractivity contribution is 5.85. The van der Waals surface area contributed by atoms with Crippen LogP contribution in [0.25, 0.3) is 0 Å². The number of para-hydroxylation sites is 1. The van der Waals surface area contributed by atoms with E-state index in [0.29, 0.717) is 23.8 Å². The van der Waals surface area contributed by atoms with Gasteiger partial charge in [0.15, 0.2) is 0 Å². The molecule has 0 radical (unpaired) electrons. The number of carbonyl (C=O) groups is 1. The van der Waals surface area contributed by atoms with Crippen LogP contribution in [0.2, 0.25) is 0 Å². The summed E-state index contributed by atoms with van der Waals surface area (Å²) in [5.74, 6) is 0.938. The zero-order valence-corrected chi connectivity index (χ0v) is 16.4. The average Bonchev–Trinajstić information content (AvgIpc) is 2.59. The highest BCUT2D eigenvalue weighted by Gasteiger charge is 2.40. The summed E-state index contributed by atoms with van der Waals surface area (Å²) < 4.78 is 30.0. The van der Waals surface area contributed by atoms with Crippen molar-refractivity contribution >= 4 is 18.3 Å². The molecule has 3 N–H and O–H groups in total. The lowest BCUT2D eigenvalue weighted by molar-refractivity contribution is -0.128. The quantitative estimate of drug-likeness (QED) is 0.739. The lowest BCUT2D eigenvalue weighted by Crippen LogP contribution is -2.49. The van der Waals surface area contributed by atoms with E-state index in [9.17, 15) is 13.6 Å². The second kappa shape index (κ2) is 9.69. The number of ether oxygens (including phenoxy) is 1. The molecular formula is C20H29ClF2N2O2. The number of nitrogens with one attached hydrogen (secondary N) is 1. The number of hydrogen-bond acceptors (Lipinski definition) is 3. The van der Waals surface area contributed by atoms with Crippen LogP contribution in [0, 0.1) is 17.8 Å². The number of carbonyl (C=O) groups excluding carboxylic acids is 1. The van der Waals surface area contributed by atoms with Crippen LogP contribution in [0.5, 0.6) is 5.75 Å². The number of benzene rings is 1. The fourth-order valence-electron chi connectivity index (χ4n) is 4.66. The first-order valence-corrected chi connectivity index (χ1v) is 9.59. The Hall–Kier alpha value is -1.40. The summed E-state index contributed by atoms with van der Waals surface area (Å²) in [4.78, 5) is 12.9. The van der Waals surface area contributed by atoms with Crippen LogP contribution in [0.1, 0.15) is 57.1 Å². The number of amides is 1. The summed E-state index contributed by atoms with van der Waals surface area (Å²) in [6.07, 6.45) is 5.67. The highest BCUT2D eigenvalue weighted by Crippen LogP contribution is 2.42. The van der Waals surface area contributed by atoms with Crippen LogP contribution < -0.4 is 15.8 Å². The van der Waals surface area contributed by atoms with E-state index in [-0.39, 0.29) is 42.1 Å². The molecule has 4 nitrogen and oxygen atoms in total. The zero-order valence-electron chi connectivity index (χ0n) is 15.6. The Labute approximate surface area is 165 Å². The zero-order chi connectivity index (χ0) is 18.7. The summed E-state index contributed by atoms with van der Waals surface area (Å²) in [7, 11) is 0. The topological polar surface area (TPSA) is 64.4 Å². The van der Waals surface area contributed by atoms with Crippen LogP contribution in [-0.4, -0.2) is 18.6 Å². The molecule has 7 heteroatoms. The molecule has 2 aliphatic carbocycles. The molecular weight excluding hydrogens is 374 g/mol. The van der Waals surface area contributed by atoms with E-state index in [2.05, 4.69) is 10.1 Å². The molecule has 0 aliphatic heterocycles. The summed E-state index contributed by atoms with van der Waals surface area (Å²) in [5, 5.41) is 3.07. The van der Waals surface area contributed by atoms with Gasteiger partial charge >= 0.3 is 6.61 Å². The predicted octanol–water partition coefficient (Wildman–Crippen LogP) is 4.43. The van der Waals surface area contributed by atoms with Gasteiger partial charge < -0.3 is 15.8 Å². The fourth-order valence-corrected chi connectivity index (χ4v) is 4.66. The summed E-state index contributed by atoms with van der Waals surface area (Å²) in [6, 6.07) is 6.55. The maximum atomic E-state index is 12.9. The minimum atomic E-state index is -2.89. The second-order valence-corrected chi connectivity index (χ2v) is 7.58. The van der Waals surface area contributed by atoms with Gasteiger partial charge in [0.2, 0.25) is 5.91 Å². The maximum Gasteiger partial charge on any atom is 0.387 e. The number of fused-ring (bicyclic) bond motifs is 2. The number of hydrogen-bond donors (Lipinski definition) is 2. The van der Waals surface area contributed by atoms with Gasteiger partial charge in [-0.1, -0.05) is 31.5 Å². The summed E-state index contributed by atoms with van der Waals surface area (Å²) >= 11 is 0. The van der Waals surface area contributed by atoms with Crippen molar-refractivity contribution in [2.45, 2.75) is 64.1 Å². The second-order valence-electron chi connectivity index (χ2n) is 7.58. The van der Waals surface area contributed by atoms with Gasteiger partial charge in [-0.2, -0.15) is 8.78 Å². The Morgan fingerprint density at radius 2 is 1.89 bits per heavy atom. The van der Waals surface area contributed by atoms with Crippen molar-refractivity contribution in [3.8, 4) is 5.75 Å². The molecule has 3 rings (SSSR count). The molecule has 0 spiro atoms. The van der Waals surface area contributed by atoms with Crippen molar-refractivity contribution in [3.63, 3.8) is 0 Å². The van der Waals surface area contributed by atoms with Gasteiger partial charge in [0.05, 0.1) is 6.04 Å². The third-order valence-electron chi connectivity index (χ3n) is 6.02. The van der Waals surface area contributed by atoms with Crippen LogP contribution in [0.15, 0.2) is 24.3 Å². The summed E-state index contributed by atoms with van der Waals surface area (Å²) in [5.41, 5.74) is 6.91. The number of alkyl halides is 2. The van der Waals surface area contributed by atoms with Crippen LogP contribution in [-0.2, 0) is 4.79 Å². The van der Waals surface area contributed by atoms with E-state index in [0.717, 1.165) is 25.7 Å². The minimum Gasteiger partial charge on any atom is -0.434 e. The molecule has 3 atom stereocenters. The SMILES string of the molecule is CCC(NC(=O)C1CC2CCCC(C1)C2N)c1ccccc1OC(F)F.Cl.